The zero-order valence-electron chi connectivity index (χ0n) is 10.7. The van der Waals surface area contributed by atoms with Crippen molar-refractivity contribution in [3.8, 4) is 5.88 Å². The molecule has 0 fully saturated rings. The van der Waals surface area contributed by atoms with Gasteiger partial charge in [-0.2, -0.15) is 0 Å². The molecule has 1 aliphatic heterocycles. The van der Waals surface area contributed by atoms with Crippen LogP contribution < -0.4 is 5.73 Å². The lowest BCUT2D eigenvalue weighted by molar-refractivity contribution is -0.110. The van der Waals surface area contributed by atoms with E-state index in [-0.39, 0.29) is 28.3 Å². The Bertz CT molecular complexity index is 752. The first-order valence-corrected chi connectivity index (χ1v) is 7.17. The van der Waals surface area contributed by atoms with E-state index in [1.807, 2.05) is 11.5 Å². The molecule has 1 atom stereocenters. The van der Waals surface area contributed by atoms with Gasteiger partial charge in [-0.05, 0) is 23.1 Å². The third kappa shape index (κ3) is 2.06. The van der Waals surface area contributed by atoms with E-state index in [1.54, 1.807) is 0 Å². The molecule has 1 aromatic rings. The maximum absolute atomic E-state index is 12.2. The number of aromatic hydroxyl groups is 1. The number of Topliss-reactive ketones (excluding diaryl/α,β-unsaturated/α-hetero) is 1. The fourth-order valence-electron chi connectivity index (χ4n) is 2.48. The molecule has 1 amide bonds. The highest BCUT2D eigenvalue weighted by molar-refractivity contribution is 8.02. The van der Waals surface area contributed by atoms with Gasteiger partial charge in [0.1, 0.15) is 5.56 Å². The number of aromatic nitrogens is 1. The third-order valence-corrected chi connectivity index (χ3v) is 4.29. The average molecular weight is 302 g/mol. The number of thioether (sulfide) groups is 1. The van der Waals surface area contributed by atoms with Gasteiger partial charge in [-0.3, -0.25) is 14.4 Å². The van der Waals surface area contributed by atoms with Gasteiger partial charge in [0.2, 0.25) is 17.4 Å². The number of hydrogen-bond acceptors (Lipinski definition) is 6. The molecule has 0 radical (unpaired) electrons. The van der Waals surface area contributed by atoms with Crippen molar-refractivity contribution < 1.29 is 19.5 Å². The molecule has 0 saturated heterocycles. The Morgan fingerprint density at radius 3 is 2.76 bits per heavy atom. The molecule has 106 valence electrons. The van der Waals surface area contributed by atoms with Gasteiger partial charge in [-0.1, -0.05) is 6.08 Å². The molecule has 3 N–H and O–H groups in total. The lowest BCUT2D eigenvalue weighted by Gasteiger charge is -2.20. The number of nitrogens with zero attached hydrogens (tertiary/aromatic N) is 1. The second-order valence-corrected chi connectivity index (χ2v) is 5.58. The summed E-state index contributed by atoms with van der Waals surface area (Å²) in [5.41, 5.74) is 5.65. The highest BCUT2D eigenvalue weighted by atomic mass is 32.2. The van der Waals surface area contributed by atoms with Crippen molar-refractivity contribution in [2.45, 2.75) is 5.92 Å². The Kier molecular flexibility index (Phi) is 3.13. The van der Waals surface area contributed by atoms with E-state index in [2.05, 4.69) is 4.98 Å². The Labute approximate surface area is 123 Å². The van der Waals surface area contributed by atoms with Crippen molar-refractivity contribution in [1.82, 2.24) is 4.98 Å². The smallest absolute Gasteiger partial charge is 0.254 e. The van der Waals surface area contributed by atoms with Crippen LogP contribution in [0.3, 0.4) is 0 Å². The summed E-state index contributed by atoms with van der Waals surface area (Å²) in [5.74, 6) is -2.49. The molecule has 7 heteroatoms. The maximum Gasteiger partial charge on any atom is 0.254 e. The molecule has 1 aromatic heterocycles. The number of rotatable bonds is 2. The highest BCUT2D eigenvalue weighted by Crippen LogP contribution is 2.38. The summed E-state index contributed by atoms with van der Waals surface area (Å²) < 4.78 is 0. The first-order chi connectivity index (χ1) is 10.0. The largest absolute Gasteiger partial charge is 0.493 e. The molecule has 2 heterocycles. The number of hydrogen-bond donors (Lipinski definition) is 2. The zero-order chi connectivity index (χ0) is 15.1. The molecule has 6 nitrogen and oxygen atoms in total. The second kappa shape index (κ2) is 4.85. The van der Waals surface area contributed by atoms with E-state index < -0.39 is 23.4 Å². The van der Waals surface area contributed by atoms with Gasteiger partial charge in [-0.15, -0.1) is 11.8 Å². The van der Waals surface area contributed by atoms with E-state index in [9.17, 15) is 19.5 Å². The summed E-state index contributed by atoms with van der Waals surface area (Å²) in [6, 6.07) is 0. The van der Waals surface area contributed by atoms with Crippen LogP contribution in [-0.2, 0) is 4.79 Å². The van der Waals surface area contributed by atoms with Gasteiger partial charge in [-0.25, -0.2) is 4.98 Å². The second-order valence-electron chi connectivity index (χ2n) is 4.64. The van der Waals surface area contributed by atoms with Crippen LogP contribution in [-0.4, -0.2) is 33.3 Å². The molecule has 1 aliphatic carbocycles. The highest BCUT2D eigenvalue weighted by Gasteiger charge is 2.34. The number of amides is 1. The standard InChI is InChI=1S/C14H10N2O4S/c15-13(19)11-9(6-3-4-21-5-6)10-7(16-14(11)20)1-2-8(17)12(10)18/h1-4,6H,5H2,(H2,15,19)(H,16,20). The summed E-state index contributed by atoms with van der Waals surface area (Å²) in [7, 11) is 0. The quantitative estimate of drug-likeness (QED) is 0.789. The molecule has 2 aliphatic rings. The number of allylic oxidation sites excluding steroid dienone is 2. The number of primary amides is 1. The number of carbonyl (C=O) groups is 3. The minimum Gasteiger partial charge on any atom is -0.493 e. The topological polar surface area (TPSA) is 110 Å². The first kappa shape index (κ1) is 13.6. The Morgan fingerprint density at radius 1 is 1.38 bits per heavy atom. The summed E-state index contributed by atoms with van der Waals surface area (Å²) in [6.45, 7) is 0. The summed E-state index contributed by atoms with van der Waals surface area (Å²) in [4.78, 5) is 39.3. The van der Waals surface area contributed by atoms with Gasteiger partial charge in [0.15, 0.2) is 0 Å². The summed E-state index contributed by atoms with van der Waals surface area (Å²) in [6.07, 6.45) is 4.27. The van der Waals surface area contributed by atoms with Gasteiger partial charge >= 0.3 is 0 Å². The van der Waals surface area contributed by atoms with E-state index in [0.29, 0.717) is 5.75 Å². The molecule has 0 spiro atoms. The lowest BCUT2D eigenvalue weighted by Crippen LogP contribution is -2.25. The number of fused-ring (bicyclic) bond motifs is 1. The molecular formula is C14H10N2O4S. The Hall–Kier alpha value is -2.41. The third-order valence-electron chi connectivity index (χ3n) is 3.39. The number of carbonyl (C=O) groups excluding carboxylic acids is 3. The van der Waals surface area contributed by atoms with Crippen LogP contribution in [0.5, 0.6) is 5.88 Å². The van der Waals surface area contributed by atoms with Gasteiger partial charge in [0.05, 0.1) is 11.3 Å². The minimum absolute atomic E-state index is 0.0613. The summed E-state index contributed by atoms with van der Waals surface area (Å²) in [5, 5.41) is 11.8. The van der Waals surface area contributed by atoms with E-state index >= 15 is 0 Å². The number of nitrogens with two attached hydrogens (primary N) is 1. The van der Waals surface area contributed by atoms with Crippen LogP contribution in [0.25, 0.3) is 6.08 Å². The van der Waals surface area contributed by atoms with E-state index in [0.717, 1.165) is 6.08 Å². The van der Waals surface area contributed by atoms with Gasteiger partial charge < -0.3 is 10.8 Å². The molecule has 0 bridgehead atoms. The van der Waals surface area contributed by atoms with Crippen molar-refractivity contribution in [2.75, 3.05) is 5.75 Å². The van der Waals surface area contributed by atoms with Crippen LogP contribution >= 0.6 is 11.8 Å². The molecule has 0 saturated carbocycles. The van der Waals surface area contributed by atoms with Crippen molar-refractivity contribution in [3.05, 3.63) is 39.9 Å². The fourth-order valence-corrected chi connectivity index (χ4v) is 3.38. The van der Waals surface area contributed by atoms with Crippen LogP contribution in [0, 0.1) is 0 Å². The van der Waals surface area contributed by atoms with Crippen LogP contribution in [0.2, 0.25) is 0 Å². The van der Waals surface area contributed by atoms with Crippen molar-refractivity contribution in [2.24, 2.45) is 5.73 Å². The monoisotopic (exact) mass is 302 g/mol. The lowest BCUT2D eigenvalue weighted by atomic mass is 9.85. The SMILES string of the molecule is NC(=O)c1c(O)nc2c(c1C1C=CSC1)C(=O)C(=O)C=C2. The fraction of sp³-hybridized carbons (Fsp3) is 0.143. The van der Waals surface area contributed by atoms with Gasteiger partial charge in [0.25, 0.3) is 5.91 Å². The normalized spacial score (nSPS) is 19.9. The van der Waals surface area contributed by atoms with Crippen molar-refractivity contribution >= 4 is 35.3 Å². The molecule has 21 heavy (non-hydrogen) atoms. The van der Waals surface area contributed by atoms with Crippen molar-refractivity contribution in [1.29, 1.82) is 0 Å². The van der Waals surface area contributed by atoms with E-state index in [4.69, 9.17) is 5.73 Å². The average Bonchev–Trinajstić information content (AvgIpc) is 2.95. The van der Waals surface area contributed by atoms with Gasteiger partial charge in [0, 0.05) is 11.7 Å². The van der Waals surface area contributed by atoms with Crippen LogP contribution in [0.15, 0.2) is 17.6 Å². The van der Waals surface area contributed by atoms with Crippen LogP contribution in [0.4, 0.5) is 0 Å². The first-order valence-electron chi connectivity index (χ1n) is 6.12. The molecular weight excluding hydrogens is 292 g/mol. The predicted octanol–water partition coefficient (Wildman–Crippen LogP) is 1.01. The maximum atomic E-state index is 12.2. The van der Waals surface area contributed by atoms with Crippen molar-refractivity contribution in [3.63, 3.8) is 0 Å². The number of ketones is 2. The Morgan fingerprint density at radius 2 is 2.14 bits per heavy atom. The zero-order valence-corrected chi connectivity index (χ0v) is 11.5. The number of pyridine rings is 1. The predicted molar refractivity (Wildman–Crippen MR) is 77.1 cm³/mol. The minimum atomic E-state index is -0.877. The van der Waals surface area contributed by atoms with Crippen LogP contribution in [0.1, 0.15) is 37.9 Å². The molecule has 3 rings (SSSR count). The molecule has 1 unspecified atom stereocenters. The Balaban J connectivity index is 2.37. The summed E-state index contributed by atoms with van der Waals surface area (Å²) >= 11 is 1.51. The van der Waals surface area contributed by atoms with E-state index in [1.165, 1.54) is 17.8 Å². The molecule has 0 aromatic carbocycles.